The SMILES string of the molecule is Cc1noc(C)c1CN1C[C@@H]2COC[C@]2(CNS(=O)(=O)C2CC2)C1. The van der Waals surface area contributed by atoms with Gasteiger partial charge in [-0.3, -0.25) is 4.90 Å². The average Bonchev–Trinajstić information content (AvgIpc) is 3.16. The maximum absolute atomic E-state index is 12.2. The molecule has 2 atom stereocenters. The average molecular weight is 355 g/mol. The summed E-state index contributed by atoms with van der Waals surface area (Å²) in [6, 6.07) is 0. The third-order valence-corrected chi connectivity index (χ3v) is 7.64. The van der Waals surface area contributed by atoms with Crippen molar-refractivity contribution in [3.8, 4) is 0 Å². The molecule has 0 unspecified atom stereocenters. The number of hydrogen-bond donors (Lipinski definition) is 1. The fourth-order valence-electron chi connectivity index (χ4n) is 4.01. The normalized spacial score (nSPS) is 30.8. The molecule has 1 aliphatic carbocycles. The number of aromatic nitrogens is 1. The monoisotopic (exact) mass is 355 g/mol. The topological polar surface area (TPSA) is 84.7 Å². The van der Waals surface area contributed by atoms with E-state index >= 15 is 0 Å². The predicted octanol–water partition coefficient (Wildman–Crippen LogP) is 0.822. The van der Waals surface area contributed by atoms with Crippen LogP contribution in [-0.4, -0.2) is 56.6 Å². The van der Waals surface area contributed by atoms with E-state index in [-0.39, 0.29) is 10.7 Å². The van der Waals surface area contributed by atoms with Crippen molar-refractivity contribution in [3.63, 3.8) is 0 Å². The van der Waals surface area contributed by atoms with Crippen molar-refractivity contribution < 1.29 is 17.7 Å². The third-order valence-electron chi connectivity index (χ3n) is 5.74. The molecule has 134 valence electrons. The van der Waals surface area contributed by atoms with Gasteiger partial charge in [0.05, 0.1) is 24.2 Å². The fourth-order valence-corrected chi connectivity index (χ4v) is 5.49. The summed E-state index contributed by atoms with van der Waals surface area (Å²) in [5.41, 5.74) is 1.97. The highest BCUT2D eigenvalue weighted by Gasteiger charge is 2.51. The van der Waals surface area contributed by atoms with Crippen LogP contribution in [0, 0.1) is 25.2 Å². The molecule has 0 bridgehead atoms. The largest absolute Gasteiger partial charge is 0.380 e. The van der Waals surface area contributed by atoms with Crippen molar-refractivity contribution >= 4 is 10.0 Å². The quantitative estimate of drug-likeness (QED) is 0.813. The molecule has 3 heterocycles. The lowest BCUT2D eigenvalue weighted by Crippen LogP contribution is -2.43. The maximum Gasteiger partial charge on any atom is 0.214 e. The molecule has 0 amide bonds. The van der Waals surface area contributed by atoms with Gasteiger partial charge < -0.3 is 9.26 Å². The molecule has 24 heavy (non-hydrogen) atoms. The summed E-state index contributed by atoms with van der Waals surface area (Å²) < 4.78 is 38.2. The smallest absolute Gasteiger partial charge is 0.214 e. The van der Waals surface area contributed by atoms with Gasteiger partial charge in [0.1, 0.15) is 5.76 Å². The summed E-state index contributed by atoms with van der Waals surface area (Å²) in [5, 5.41) is 3.85. The predicted molar refractivity (Wildman–Crippen MR) is 87.9 cm³/mol. The fraction of sp³-hybridized carbons (Fsp3) is 0.812. The van der Waals surface area contributed by atoms with Gasteiger partial charge in [-0.1, -0.05) is 5.16 Å². The van der Waals surface area contributed by atoms with Crippen molar-refractivity contribution in [2.75, 3.05) is 32.8 Å². The first kappa shape index (κ1) is 16.5. The van der Waals surface area contributed by atoms with E-state index in [1.807, 2.05) is 13.8 Å². The van der Waals surface area contributed by atoms with E-state index in [0.717, 1.165) is 49.5 Å². The zero-order chi connectivity index (χ0) is 16.9. The number of ether oxygens (including phenoxy) is 1. The van der Waals surface area contributed by atoms with Crippen molar-refractivity contribution in [2.45, 2.75) is 38.5 Å². The Bertz CT molecular complexity index is 708. The van der Waals surface area contributed by atoms with Gasteiger partial charge in [0, 0.05) is 43.1 Å². The number of rotatable bonds is 6. The van der Waals surface area contributed by atoms with Crippen LogP contribution in [0.25, 0.3) is 0 Å². The van der Waals surface area contributed by atoms with Gasteiger partial charge in [-0.25, -0.2) is 13.1 Å². The molecule has 3 fully saturated rings. The molecule has 7 nitrogen and oxygen atoms in total. The Labute approximate surface area is 142 Å². The van der Waals surface area contributed by atoms with Gasteiger partial charge in [-0.15, -0.1) is 0 Å². The standard InChI is InChI=1S/C16H25N3O4S/c1-11-15(12(2)23-18-11)6-19-5-13-7-22-10-16(13,9-19)8-17-24(20,21)14-3-4-14/h13-14,17H,3-10H2,1-2H3/t13-,16+/m1/s1. The van der Waals surface area contributed by atoms with Crippen LogP contribution >= 0.6 is 0 Å². The molecule has 3 aliphatic rings. The highest BCUT2D eigenvalue weighted by Crippen LogP contribution is 2.42. The summed E-state index contributed by atoms with van der Waals surface area (Å²) in [6.45, 7) is 8.29. The molecule has 8 heteroatoms. The van der Waals surface area contributed by atoms with E-state index in [9.17, 15) is 8.42 Å². The van der Waals surface area contributed by atoms with E-state index in [1.165, 1.54) is 0 Å². The van der Waals surface area contributed by atoms with Crippen LogP contribution in [-0.2, 0) is 21.3 Å². The number of hydrogen-bond acceptors (Lipinski definition) is 6. The number of nitrogens with one attached hydrogen (secondary N) is 1. The number of aryl methyl sites for hydroxylation is 2. The van der Waals surface area contributed by atoms with E-state index < -0.39 is 10.0 Å². The lowest BCUT2D eigenvalue weighted by molar-refractivity contribution is 0.128. The van der Waals surface area contributed by atoms with E-state index in [2.05, 4.69) is 14.8 Å². The van der Waals surface area contributed by atoms with Crippen LogP contribution in [0.1, 0.15) is 29.9 Å². The summed E-state index contributed by atoms with van der Waals surface area (Å²) in [5.74, 6) is 1.24. The van der Waals surface area contributed by atoms with Gasteiger partial charge in [0.2, 0.25) is 10.0 Å². The van der Waals surface area contributed by atoms with Crippen LogP contribution < -0.4 is 4.72 Å². The summed E-state index contributed by atoms with van der Waals surface area (Å²) in [6.07, 6.45) is 1.58. The molecule has 0 spiro atoms. The molecule has 2 saturated heterocycles. The first-order valence-corrected chi connectivity index (χ1v) is 10.1. The van der Waals surface area contributed by atoms with Crippen molar-refractivity contribution in [1.82, 2.24) is 14.8 Å². The minimum Gasteiger partial charge on any atom is -0.380 e. The number of fused-ring (bicyclic) bond motifs is 1. The van der Waals surface area contributed by atoms with E-state index in [1.54, 1.807) is 0 Å². The van der Waals surface area contributed by atoms with Crippen molar-refractivity contribution in [2.24, 2.45) is 11.3 Å². The second-order valence-electron chi connectivity index (χ2n) is 7.61. The minimum atomic E-state index is -3.15. The van der Waals surface area contributed by atoms with E-state index in [0.29, 0.717) is 25.7 Å². The summed E-state index contributed by atoms with van der Waals surface area (Å²) >= 11 is 0. The Balaban J connectivity index is 1.45. The number of nitrogens with zero attached hydrogens (tertiary/aromatic N) is 2. The van der Waals surface area contributed by atoms with Gasteiger partial charge in [-0.2, -0.15) is 0 Å². The minimum absolute atomic E-state index is 0.110. The maximum atomic E-state index is 12.2. The van der Waals surface area contributed by atoms with Gasteiger partial charge in [0.25, 0.3) is 0 Å². The first-order valence-electron chi connectivity index (χ1n) is 8.60. The highest BCUT2D eigenvalue weighted by molar-refractivity contribution is 7.90. The molecule has 1 N–H and O–H groups in total. The van der Waals surface area contributed by atoms with Crippen LogP contribution in [0.4, 0.5) is 0 Å². The molecule has 1 aromatic heterocycles. The molecular weight excluding hydrogens is 330 g/mol. The molecule has 1 aromatic rings. The Morgan fingerprint density at radius 3 is 2.83 bits per heavy atom. The molecule has 4 rings (SSSR count). The molecule has 0 radical (unpaired) electrons. The Morgan fingerprint density at radius 1 is 1.38 bits per heavy atom. The Morgan fingerprint density at radius 2 is 2.17 bits per heavy atom. The Hall–Kier alpha value is -0.960. The first-order chi connectivity index (χ1) is 11.4. The molecule has 2 aliphatic heterocycles. The Kier molecular flexibility index (Phi) is 3.98. The van der Waals surface area contributed by atoms with Crippen LogP contribution in [0.5, 0.6) is 0 Å². The van der Waals surface area contributed by atoms with Crippen LogP contribution in [0.2, 0.25) is 0 Å². The lowest BCUT2D eigenvalue weighted by Gasteiger charge is -2.27. The molecular formula is C16H25N3O4S. The van der Waals surface area contributed by atoms with E-state index in [4.69, 9.17) is 9.26 Å². The van der Waals surface area contributed by atoms with Gasteiger partial charge in [0.15, 0.2) is 0 Å². The summed E-state index contributed by atoms with van der Waals surface area (Å²) in [7, 11) is -3.15. The number of sulfonamides is 1. The zero-order valence-corrected chi connectivity index (χ0v) is 15.1. The molecule has 0 aromatic carbocycles. The zero-order valence-electron chi connectivity index (χ0n) is 14.2. The second kappa shape index (κ2) is 5.79. The second-order valence-corrected chi connectivity index (χ2v) is 9.66. The van der Waals surface area contributed by atoms with Crippen molar-refractivity contribution in [3.05, 3.63) is 17.0 Å². The molecule has 1 saturated carbocycles. The van der Waals surface area contributed by atoms with Crippen molar-refractivity contribution in [1.29, 1.82) is 0 Å². The number of likely N-dealkylation sites (tertiary alicyclic amines) is 1. The van der Waals surface area contributed by atoms with Crippen LogP contribution in [0.3, 0.4) is 0 Å². The summed E-state index contributed by atoms with van der Waals surface area (Å²) in [4.78, 5) is 2.38. The van der Waals surface area contributed by atoms with Crippen LogP contribution in [0.15, 0.2) is 4.52 Å². The van der Waals surface area contributed by atoms with Gasteiger partial charge in [-0.05, 0) is 26.7 Å². The van der Waals surface area contributed by atoms with Gasteiger partial charge >= 0.3 is 0 Å². The lowest BCUT2D eigenvalue weighted by atomic mass is 9.81. The third kappa shape index (κ3) is 2.89. The highest BCUT2D eigenvalue weighted by atomic mass is 32.2.